The van der Waals surface area contributed by atoms with Crippen molar-refractivity contribution in [2.45, 2.75) is 52.1 Å². The number of nitrogens with one attached hydrogen (secondary N) is 1. The summed E-state index contributed by atoms with van der Waals surface area (Å²) in [5.74, 6) is 0.213. The molecule has 27 heavy (non-hydrogen) atoms. The first-order chi connectivity index (χ1) is 12.7. The molecule has 2 amide bonds. The largest absolute Gasteiger partial charge is 0.444 e. The van der Waals surface area contributed by atoms with Crippen molar-refractivity contribution in [2.24, 2.45) is 5.92 Å². The molecule has 0 radical (unpaired) electrons. The SMILES string of the molecule is CC(C)(C)OC(=O)N1CCCC(CNC(=O)CCc2cccc(Cl)c2Cl)C1. The summed E-state index contributed by atoms with van der Waals surface area (Å²) >= 11 is 12.2. The molecule has 150 valence electrons. The van der Waals surface area contributed by atoms with Crippen LogP contribution >= 0.6 is 23.2 Å². The first-order valence-electron chi connectivity index (χ1n) is 9.33. The van der Waals surface area contributed by atoms with Crippen molar-refractivity contribution >= 4 is 35.2 Å². The van der Waals surface area contributed by atoms with Crippen LogP contribution in [0.3, 0.4) is 0 Å². The molecule has 0 bridgehead atoms. The fourth-order valence-corrected chi connectivity index (χ4v) is 3.47. The van der Waals surface area contributed by atoms with E-state index < -0.39 is 5.60 Å². The van der Waals surface area contributed by atoms with Crippen molar-refractivity contribution < 1.29 is 14.3 Å². The minimum atomic E-state index is -0.500. The van der Waals surface area contributed by atoms with Gasteiger partial charge in [0.15, 0.2) is 0 Å². The Hall–Kier alpha value is -1.46. The number of rotatable bonds is 5. The molecular formula is C20H28Cl2N2O3. The third-order valence-corrected chi connectivity index (χ3v) is 5.27. The molecule has 1 atom stereocenters. The number of aryl methyl sites for hydroxylation is 1. The zero-order valence-corrected chi connectivity index (χ0v) is 17.7. The van der Waals surface area contributed by atoms with Gasteiger partial charge in [-0.1, -0.05) is 35.3 Å². The van der Waals surface area contributed by atoms with Gasteiger partial charge in [0.25, 0.3) is 0 Å². The highest BCUT2D eigenvalue weighted by Crippen LogP contribution is 2.26. The number of likely N-dealkylation sites (tertiary alicyclic amines) is 1. The Morgan fingerprint density at radius 2 is 2.04 bits per heavy atom. The maximum atomic E-state index is 12.2. The van der Waals surface area contributed by atoms with Crippen LogP contribution in [0, 0.1) is 5.92 Å². The first kappa shape index (κ1) is 21.8. The van der Waals surface area contributed by atoms with Gasteiger partial charge < -0.3 is 15.0 Å². The van der Waals surface area contributed by atoms with Crippen LogP contribution in [0.4, 0.5) is 4.79 Å². The second-order valence-electron chi connectivity index (χ2n) is 7.95. The second-order valence-corrected chi connectivity index (χ2v) is 8.74. The van der Waals surface area contributed by atoms with E-state index in [1.54, 1.807) is 11.0 Å². The van der Waals surface area contributed by atoms with Gasteiger partial charge in [0, 0.05) is 26.1 Å². The molecule has 1 heterocycles. The lowest BCUT2D eigenvalue weighted by molar-refractivity contribution is -0.121. The fourth-order valence-electron chi connectivity index (χ4n) is 3.06. The second kappa shape index (κ2) is 9.65. The highest BCUT2D eigenvalue weighted by molar-refractivity contribution is 6.42. The topological polar surface area (TPSA) is 58.6 Å². The van der Waals surface area contributed by atoms with Crippen molar-refractivity contribution in [1.82, 2.24) is 10.2 Å². The van der Waals surface area contributed by atoms with Crippen molar-refractivity contribution in [2.75, 3.05) is 19.6 Å². The monoisotopic (exact) mass is 414 g/mol. The Labute approximate surface area is 171 Å². The maximum absolute atomic E-state index is 12.2. The maximum Gasteiger partial charge on any atom is 0.410 e. The Morgan fingerprint density at radius 3 is 2.74 bits per heavy atom. The number of amides is 2. The minimum absolute atomic E-state index is 0.0274. The molecule has 1 saturated heterocycles. The van der Waals surface area contributed by atoms with Gasteiger partial charge in [-0.15, -0.1) is 0 Å². The Morgan fingerprint density at radius 1 is 1.30 bits per heavy atom. The van der Waals surface area contributed by atoms with E-state index >= 15 is 0 Å². The number of hydrogen-bond acceptors (Lipinski definition) is 3. The molecule has 0 spiro atoms. The molecule has 1 unspecified atom stereocenters. The number of halogens is 2. The molecular weight excluding hydrogens is 387 g/mol. The van der Waals surface area contributed by atoms with Crippen LogP contribution in [0.2, 0.25) is 10.0 Å². The number of piperidine rings is 1. The van der Waals surface area contributed by atoms with E-state index in [-0.39, 0.29) is 17.9 Å². The highest BCUT2D eigenvalue weighted by atomic mass is 35.5. The zero-order valence-electron chi connectivity index (χ0n) is 16.2. The molecule has 1 fully saturated rings. The smallest absolute Gasteiger partial charge is 0.410 e. The molecule has 1 aliphatic heterocycles. The van der Waals surface area contributed by atoms with Gasteiger partial charge in [0.1, 0.15) is 5.60 Å². The molecule has 0 saturated carbocycles. The summed E-state index contributed by atoms with van der Waals surface area (Å²) in [5.41, 5.74) is 0.368. The lowest BCUT2D eigenvalue weighted by atomic mass is 9.98. The molecule has 1 N–H and O–H groups in total. The fraction of sp³-hybridized carbons (Fsp3) is 0.600. The quantitative estimate of drug-likeness (QED) is 0.759. The van der Waals surface area contributed by atoms with Crippen LogP contribution < -0.4 is 5.32 Å². The summed E-state index contributed by atoms with van der Waals surface area (Å²) in [7, 11) is 0. The van der Waals surface area contributed by atoms with Gasteiger partial charge in [-0.3, -0.25) is 4.79 Å². The van der Waals surface area contributed by atoms with Gasteiger partial charge in [0.05, 0.1) is 10.0 Å². The van der Waals surface area contributed by atoms with E-state index in [0.717, 1.165) is 18.4 Å². The Bertz CT molecular complexity index is 674. The molecule has 5 nitrogen and oxygen atoms in total. The average Bonchev–Trinajstić information content (AvgIpc) is 2.60. The van der Waals surface area contributed by atoms with Gasteiger partial charge in [0.2, 0.25) is 5.91 Å². The summed E-state index contributed by atoms with van der Waals surface area (Å²) < 4.78 is 5.44. The molecule has 0 aliphatic carbocycles. The molecule has 2 rings (SSSR count). The molecule has 1 aromatic rings. The van der Waals surface area contributed by atoms with E-state index in [4.69, 9.17) is 27.9 Å². The van der Waals surface area contributed by atoms with Gasteiger partial charge in [-0.25, -0.2) is 4.79 Å². The molecule has 0 aromatic heterocycles. The summed E-state index contributed by atoms with van der Waals surface area (Å²) in [5, 5.41) is 3.98. The normalized spacial score (nSPS) is 17.5. The van der Waals surface area contributed by atoms with E-state index in [1.165, 1.54) is 0 Å². The number of hydrogen-bond donors (Lipinski definition) is 1. The van der Waals surface area contributed by atoms with Gasteiger partial charge >= 0.3 is 6.09 Å². The predicted molar refractivity (Wildman–Crippen MR) is 108 cm³/mol. The van der Waals surface area contributed by atoms with Crippen molar-refractivity contribution in [3.8, 4) is 0 Å². The molecule has 1 aliphatic rings. The first-order valence-corrected chi connectivity index (χ1v) is 10.1. The number of benzene rings is 1. The number of carbonyl (C=O) groups is 2. The Kier molecular flexibility index (Phi) is 7.80. The van der Waals surface area contributed by atoms with E-state index in [0.29, 0.717) is 42.5 Å². The number of nitrogens with zero attached hydrogens (tertiary/aromatic N) is 1. The van der Waals surface area contributed by atoms with Crippen LogP contribution in [-0.2, 0) is 16.0 Å². The van der Waals surface area contributed by atoms with Crippen molar-refractivity contribution in [3.63, 3.8) is 0 Å². The predicted octanol–water partition coefficient (Wildman–Crippen LogP) is 4.69. The minimum Gasteiger partial charge on any atom is -0.444 e. The van der Waals surface area contributed by atoms with Crippen molar-refractivity contribution in [1.29, 1.82) is 0 Å². The third kappa shape index (κ3) is 7.23. The standard InChI is InChI=1S/C20H28Cl2N2O3/c1-20(2,3)27-19(26)24-11-5-6-14(13-24)12-23-17(25)10-9-15-7-4-8-16(21)18(15)22/h4,7-8,14H,5-6,9-13H2,1-3H3,(H,23,25). The van der Waals surface area contributed by atoms with E-state index in [9.17, 15) is 9.59 Å². The van der Waals surface area contributed by atoms with E-state index in [2.05, 4.69) is 5.32 Å². The van der Waals surface area contributed by atoms with Crippen LogP contribution in [0.15, 0.2) is 18.2 Å². The summed E-state index contributed by atoms with van der Waals surface area (Å²) in [6, 6.07) is 5.43. The summed E-state index contributed by atoms with van der Waals surface area (Å²) in [6.45, 7) is 7.44. The van der Waals surface area contributed by atoms with E-state index in [1.807, 2.05) is 32.9 Å². The van der Waals surface area contributed by atoms with Crippen LogP contribution in [0.1, 0.15) is 45.6 Å². The van der Waals surface area contributed by atoms with Crippen molar-refractivity contribution in [3.05, 3.63) is 33.8 Å². The highest BCUT2D eigenvalue weighted by Gasteiger charge is 2.27. The zero-order chi connectivity index (χ0) is 20.0. The lowest BCUT2D eigenvalue weighted by Gasteiger charge is -2.34. The summed E-state index contributed by atoms with van der Waals surface area (Å²) in [4.78, 5) is 26.1. The average molecular weight is 415 g/mol. The molecule has 1 aromatic carbocycles. The third-order valence-electron chi connectivity index (χ3n) is 4.41. The number of carbonyl (C=O) groups excluding carboxylic acids is 2. The van der Waals surface area contributed by atoms with Crippen LogP contribution in [-0.4, -0.2) is 42.1 Å². The van der Waals surface area contributed by atoms with Gasteiger partial charge in [-0.05, 0) is 57.6 Å². The Balaban J connectivity index is 1.76. The van der Waals surface area contributed by atoms with Crippen LogP contribution in [0.5, 0.6) is 0 Å². The summed E-state index contributed by atoms with van der Waals surface area (Å²) in [6.07, 6.45) is 2.51. The van der Waals surface area contributed by atoms with Crippen LogP contribution in [0.25, 0.3) is 0 Å². The number of ether oxygens (including phenoxy) is 1. The lowest BCUT2D eigenvalue weighted by Crippen LogP contribution is -2.45. The van der Waals surface area contributed by atoms with Gasteiger partial charge in [-0.2, -0.15) is 0 Å². The molecule has 7 heteroatoms.